The second kappa shape index (κ2) is 7.09. The number of hydrogen-bond acceptors (Lipinski definition) is 4. The number of amides is 1. The number of benzene rings is 2. The third-order valence-electron chi connectivity index (χ3n) is 4.37. The molecule has 136 valence electrons. The number of ketones is 1. The molecule has 3 rings (SSSR count). The molecule has 1 aliphatic heterocycles. The first-order valence-electron chi connectivity index (χ1n) is 8.40. The van der Waals surface area contributed by atoms with Crippen molar-refractivity contribution in [3.05, 3.63) is 58.6 Å². The minimum absolute atomic E-state index is 0.269. The van der Waals surface area contributed by atoms with Crippen LogP contribution in [0.2, 0.25) is 5.02 Å². The van der Waals surface area contributed by atoms with Gasteiger partial charge in [-0.3, -0.25) is 9.59 Å². The molecular formula is C20H20ClNO4. The Bertz CT molecular complexity index is 849. The van der Waals surface area contributed by atoms with Gasteiger partial charge in [-0.05, 0) is 49.7 Å². The number of aliphatic hydroxyl groups is 1. The van der Waals surface area contributed by atoms with Gasteiger partial charge in [0.05, 0.1) is 18.8 Å². The fraction of sp³-hybridized carbons (Fsp3) is 0.300. The summed E-state index contributed by atoms with van der Waals surface area (Å²) in [6.07, 6.45) is -0.279. The van der Waals surface area contributed by atoms with Gasteiger partial charge in [-0.2, -0.15) is 0 Å². The summed E-state index contributed by atoms with van der Waals surface area (Å²) in [5, 5.41) is 11.4. The molecule has 0 aliphatic carbocycles. The number of halogens is 1. The van der Waals surface area contributed by atoms with Crippen LogP contribution in [-0.2, 0) is 21.7 Å². The van der Waals surface area contributed by atoms with E-state index in [2.05, 4.69) is 0 Å². The lowest BCUT2D eigenvalue weighted by Gasteiger charge is -2.22. The topological polar surface area (TPSA) is 66.8 Å². The highest BCUT2D eigenvalue weighted by Crippen LogP contribution is 2.44. The number of carbonyl (C=O) groups is 2. The van der Waals surface area contributed by atoms with Crippen LogP contribution in [0.3, 0.4) is 0 Å². The standard InChI is InChI=1S/C20H20ClNO4/c1-3-26-16-7-4-14(5-8-16)12-22-18-9-6-15(21)10-17(18)20(25,19(22)24)11-13(2)23/h4-10,25H,3,11-12H2,1-2H3/t20-/m1/s1. The van der Waals surface area contributed by atoms with Gasteiger partial charge in [0.15, 0.2) is 5.60 Å². The monoisotopic (exact) mass is 373 g/mol. The summed E-state index contributed by atoms with van der Waals surface area (Å²) < 4.78 is 5.43. The smallest absolute Gasteiger partial charge is 0.264 e. The Morgan fingerprint density at radius 1 is 1.23 bits per heavy atom. The average Bonchev–Trinajstić information content (AvgIpc) is 2.78. The van der Waals surface area contributed by atoms with Gasteiger partial charge < -0.3 is 14.7 Å². The van der Waals surface area contributed by atoms with Crippen LogP contribution in [0.25, 0.3) is 0 Å². The van der Waals surface area contributed by atoms with Gasteiger partial charge in [0.2, 0.25) is 0 Å². The van der Waals surface area contributed by atoms with E-state index in [0.717, 1.165) is 11.3 Å². The Hall–Kier alpha value is -2.37. The van der Waals surface area contributed by atoms with Crippen molar-refractivity contribution in [3.63, 3.8) is 0 Å². The van der Waals surface area contributed by atoms with Crippen LogP contribution in [0, 0.1) is 0 Å². The summed E-state index contributed by atoms with van der Waals surface area (Å²) in [5.41, 5.74) is -0.0555. The van der Waals surface area contributed by atoms with Crippen LogP contribution in [0.1, 0.15) is 31.4 Å². The van der Waals surface area contributed by atoms with Crippen molar-refractivity contribution >= 4 is 29.0 Å². The molecule has 1 N–H and O–H groups in total. The van der Waals surface area contributed by atoms with Gasteiger partial charge in [-0.1, -0.05) is 23.7 Å². The van der Waals surface area contributed by atoms with Crippen molar-refractivity contribution in [3.8, 4) is 5.75 Å². The molecular weight excluding hydrogens is 354 g/mol. The maximum atomic E-state index is 13.0. The van der Waals surface area contributed by atoms with E-state index < -0.39 is 11.5 Å². The Morgan fingerprint density at radius 2 is 1.92 bits per heavy atom. The van der Waals surface area contributed by atoms with Crippen molar-refractivity contribution < 1.29 is 19.4 Å². The number of carbonyl (C=O) groups excluding carboxylic acids is 2. The fourth-order valence-corrected chi connectivity index (χ4v) is 3.42. The number of ether oxygens (including phenoxy) is 1. The number of Topliss-reactive ketones (excluding diaryl/α,β-unsaturated/α-hetero) is 1. The largest absolute Gasteiger partial charge is 0.494 e. The predicted molar refractivity (Wildman–Crippen MR) is 99.4 cm³/mol. The molecule has 0 saturated heterocycles. The molecule has 0 fully saturated rings. The molecule has 0 radical (unpaired) electrons. The van der Waals surface area contributed by atoms with Gasteiger partial charge in [0.25, 0.3) is 5.91 Å². The number of nitrogens with zero attached hydrogens (tertiary/aromatic N) is 1. The molecule has 0 spiro atoms. The van der Waals surface area contributed by atoms with Crippen molar-refractivity contribution in [2.45, 2.75) is 32.4 Å². The SMILES string of the molecule is CCOc1ccc(CN2C(=O)[C@@](O)(CC(C)=O)c3cc(Cl)ccc32)cc1. The normalized spacial score (nSPS) is 18.8. The summed E-state index contributed by atoms with van der Waals surface area (Å²) in [5.74, 6) is -0.0298. The number of hydrogen-bond donors (Lipinski definition) is 1. The maximum absolute atomic E-state index is 13.0. The minimum Gasteiger partial charge on any atom is -0.494 e. The van der Waals surface area contributed by atoms with Gasteiger partial charge in [-0.25, -0.2) is 0 Å². The Morgan fingerprint density at radius 3 is 2.54 bits per heavy atom. The first-order chi connectivity index (χ1) is 12.3. The highest BCUT2D eigenvalue weighted by molar-refractivity contribution is 6.31. The summed E-state index contributed by atoms with van der Waals surface area (Å²) in [6, 6.07) is 12.3. The van der Waals surface area contributed by atoms with Crippen LogP contribution in [0.15, 0.2) is 42.5 Å². The third-order valence-corrected chi connectivity index (χ3v) is 4.61. The van der Waals surface area contributed by atoms with Crippen LogP contribution in [0.5, 0.6) is 5.75 Å². The van der Waals surface area contributed by atoms with E-state index in [1.54, 1.807) is 18.2 Å². The fourth-order valence-electron chi connectivity index (χ4n) is 3.25. The molecule has 2 aromatic rings. The predicted octanol–water partition coefficient (Wildman–Crippen LogP) is 3.45. The molecule has 1 atom stereocenters. The third kappa shape index (κ3) is 3.32. The zero-order valence-electron chi connectivity index (χ0n) is 14.7. The molecule has 1 amide bonds. The van der Waals surface area contributed by atoms with E-state index in [1.165, 1.54) is 11.8 Å². The number of fused-ring (bicyclic) bond motifs is 1. The molecule has 0 bridgehead atoms. The van der Waals surface area contributed by atoms with E-state index in [4.69, 9.17) is 16.3 Å². The molecule has 5 nitrogen and oxygen atoms in total. The van der Waals surface area contributed by atoms with E-state index in [-0.39, 0.29) is 18.7 Å². The molecule has 1 heterocycles. The first-order valence-corrected chi connectivity index (χ1v) is 8.78. The Balaban J connectivity index is 1.95. The summed E-state index contributed by atoms with van der Waals surface area (Å²) in [7, 11) is 0. The quantitative estimate of drug-likeness (QED) is 0.842. The van der Waals surface area contributed by atoms with Crippen LogP contribution in [-0.4, -0.2) is 23.4 Å². The van der Waals surface area contributed by atoms with Gasteiger partial charge >= 0.3 is 0 Å². The maximum Gasteiger partial charge on any atom is 0.264 e. The Labute approximate surface area is 157 Å². The summed E-state index contributed by atoms with van der Waals surface area (Å²) >= 11 is 6.05. The van der Waals surface area contributed by atoms with Gasteiger partial charge in [0.1, 0.15) is 11.5 Å². The van der Waals surface area contributed by atoms with Crippen LogP contribution < -0.4 is 9.64 Å². The van der Waals surface area contributed by atoms with Crippen molar-refractivity contribution in [2.75, 3.05) is 11.5 Å². The van der Waals surface area contributed by atoms with E-state index >= 15 is 0 Å². The zero-order valence-corrected chi connectivity index (χ0v) is 15.4. The van der Waals surface area contributed by atoms with Crippen molar-refractivity contribution in [1.29, 1.82) is 0 Å². The molecule has 6 heteroatoms. The lowest BCUT2D eigenvalue weighted by Crippen LogP contribution is -2.41. The highest BCUT2D eigenvalue weighted by atomic mass is 35.5. The van der Waals surface area contributed by atoms with Gasteiger partial charge in [-0.15, -0.1) is 0 Å². The summed E-state index contributed by atoms with van der Waals surface area (Å²) in [4.78, 5) is 26.1. The summed E-state index contributed by atoms with van der Waals surface area (Å²) in [6.45, 7) is 4.12. The minimum atomic E-state index is -1.88. The highest BCUT2D eigenvalue weighted by Gasteiger charge is 2.50. The van der Waals surface area contributed by atoms with E-state index in [0.29, 0.717) is 22.9 Å². The molecule has 0 aromatic heterocycles. The number of rotatable bonds is 6. The number of anilines is 1. The Kier molecular flexibility index (Phi) is 5.03. The molecule has 0 saturated carbocycles. The second-order valence-corrected chi connectivity index (χ2v) is 6.81. The van der Waals surface area contributed by atoms with Crippen LogP contribution in [0.4, 0.5) is 5.69 Å². The molecule has 2 aromatic carbocycles. The average molecular weight is 374 g/mol. The molecule has 26 heavy (non-hydrogen) atoms. The van der Waals surface area contributed by atoms with Crippen LogP contribution >= 0.6 is 11.6 Å². The van der Waals surface area contributed by atoms with Crippen molar-refractivity contribution in [2.24, 2.45) is 0 Å². The second-order valence-electron chi connectivity index (χ2n) is 6.37. The lowest BCUT2D eigenvalue weighted by molar-refractivity contribution is -0.141. The van der Waals surface area contributed by atoms with E-state index in [9.17, 15) is 14.7 Å². The van der Waals surface area contributed by atoms with Crippen molar-refractivity contribution in [1.82, 2.24) is 0 Å². The van der Waals surface area contributed by atoms with E-state index in [1.807, 2.05) is 31.2 Å². The zero-order chi connectivity index (χ0) is 18.9. The first kappa shape index (κ1) is 18.4. The lowest BCUT2D eigenvalue weighted by atomic mass is 9.90. The molecule has 1 aliphatic rings. The van der Waals surface area contributed by atoms with Gasteiger partial charge in [0, 0.05) is 17.0 Å². The molecule has 0 unspecified atom stereocenters.